The van der Waals surface area contributed by atoms with Crippen molar-refractivity contribution in [3.8, 4) is 0 Å². The van der Waals surface area contributed by atoms with Crippen LogP contribution in [0.4, 0.5) is 0 Å². The van der Waals surface area contributed by atoms with Crippen molar-refractivity contribution >= 4 is 16.0 Å². The van der Waals surface area contributed by atoms with Gasteiger partial charge in [-0.05, 0) is 61.7 Å². The summed E-state index contributed by atoms with van der Waals surface area (Å²) in [6, 6.07) is 20.8. The van der Waals surface area contributed by atoms with E-state index in [1.54, 1.807) is 22.6 Å². The zero-order valence-electron chi connectivity index (χ0n) is 17.9. The minimum atomic E-state index is -3.59. The van der Waals surface area contributed by atoms with Crippen molar-refractivity contribution in [2.75, 3.05) is 6.54 Å². The van der Waals surface area contributed by atoms with Crippen molar-refractivity contribution in [3.05, 3.63) is 95.8 Å². The molecule has 1 aromatic heterocycles. The van der Waals surface area contributed by atoms with Gasteiger partial charge < -0.3 is 4.74 Å². The molecular weight excluding hydrogens is 424 g/mol. The summed E-state index contributed by atoms with van der Waals surface area (Å²) in [5.41, 5.74) is 1.70. The molecule has 2 heterocycles. The van der Waals surface area contributed by atoms with Crippen LogP contribution in [0.15, 0.2) is 83.9 Å². The van der Waals surface area contributed by atoms with Crippen LogP contribution in [-0.2, 0) is 14.8 Å². The first-order valence-corrected chi connectivity index (χ1v) is 12.2. The van der Waals surface area contributed by atoms with E-state index in [0.717, 1.165) is 24.8 Å². The van der Waals surface area contributed by atoms with Gasteiger partial charge in [0.2, 0.25) is 10.0 Å². The quantitative estimate of drug-likeness (QED) is 0.514. The average Bonchev–Trinajstić information content (AvgIpc) is 2.84. The van der Waals surface area contributed by atoms with Crippen LogP contribution in [0.2, 0.25) is 0 Å². The molecule has 0 bridgehead atoms. The summed E-state index contributed by atoms with van der Waals surface area (Å²) < 4.78 is 33.4. The maximum Gasteiger partial charge on any atom is 0.339 e. The molecule has 1 fully saturated rings. The van der Waals surface area contributed by atoms with Gasteiger partial charge in [0.25, 0.3) is 0 Å². The van der Waals surface area contributed by atoms with Crippen molar-refractivity contribution in [1.29, 1.82) is 0 Å². The molecule has 2 atom stereocenters. The first-order chi connectivity index (χ1) is 15.5. The van der Waals surface area contributed by atoms with Crippen molar-refractivity contribution in [3.63, 3.8) is 0 Å². The molecule has 1 aliphatic rings. The predicted octanol–water partition coefficient (Wildman–Crippen LogP) is 4.59. The molecule has 6 nitrogen and oxygen atoms in total. The second-order valence-corrected chi connectivity index (χ2v) is 9.83. The smallest absolute Gasteiger partial charge is 0.339 e. The third kappa shape index (κ3) is 4.74. The molecule has 7 heteroatoms. The molecule has 0 aliphatic carbocycles. The van der Waals surface area contributed by atoms with Gasteiger partial charge in [-0.25, -0.2) is 13.2 Å². The molecule has 32 heavy (non-hydrogen) atoms. The Labute approximate surface area is 188 Å². The zero-order chi connectivity index (χ0) is 22.6. The molecule has 2 unspecified atom stereocenters. The van der Waals surface area contributed by atoms with E-state index < -0.39 is 22.1 Å². The maximum absolute atomic E-state index is 13.0. The maximum atomic E-state index is 13.0. The SMILES string of the molecule is CC1CCCCN1S(=O)(=O)c1ccc(C(=O)OC(c2ccccc2)c2ccccn2)cc1. The molecule has 166 valence electrons. The number of sulfonamides is 1. The Kier molecular flexibility index (Phi) is 6.67. The molecular formula is C25H26N2O4S. The molecule has 0 amide bonds. The van der Waals surface area contributed by atoms with E-state index in [1.165, 1.54) is 24.3 Å². The van der Waals surface area contributed by atoms with Gasteiger partial charge in [0, 0.05) is 18.8 Å². The summed E-state index contributed by atoms with van der Waals surface area (Å²) in [5, 5.41) is 0. The molecule has 0 saturated carbocycles. The Morgan fingerprint density at radius 3 is 2.38 bits per heavy atom. The van der Waals surface area contributed by atoms with Crippen LogP contribution in [-0.4, -0.2) is 36.3 Å². The molecule has 1 aliphatic heterocycles. The zero-order valence-corrected chi connectivity index (χ0v) is 18.7. The largest absolute Gasteiger partial charge is 0.447 e. The molecule has 0 radical (unpaired) electrons. The molecule has 1 saturated heterocycles. The number of nitrogens with zero attached hydrogens (tertiary/aromatic N) is 2. The number of aromatic nitrogens is 1. The summed E-state index contributed by atoms with van der Waals surface area (Å²) in [4.78, 5) is 17.4. The third-order valence-electron chi connectivity index (χ3n) is 5.72. The lowest BCUT2D eigenvalue weighted by Gasteiger charge is -2.32. The average molecular weight is 451 g/mol. The van der Waals surface area contributed by atoms with Crippen LogP contribution < -0.4 is 0 Å². The Balaban J connectivity index is 1.55. The lowest BCUT2D eigenvalue weighted by Crippen LogP contribution is -2.41. The highest BCUT2D eigenvalue weighted by atomic mass is 32.2. The second-order valence-electron chi connectivity index (χ2n) is 7.94. The van der Waals surface area contributed by atoms with Gasteiger partial charge in [-0.3, -0.25) is 4.98 Å². The highest BCUT2D eigenvalue weighted by Gasteiger charge is 2.31. The number of carbonyl (C=O) groups excluding carboxylic acids is 1. The van der Waals surface area contributed by atoms with E-state index in [1.807, 2.05) is 43.3 Å². The normalized spacial score (nSPS) is 18.1. The molecule has 4 rings (SSSR count). The van der Waals surface area contributed by atoms with E-state index >= 15 is 0 Å². The fourth-order valence-corrected chi connectivity index (χ4v) is 5.66. The van der Waals surface area contributed by atoms with Gasteiger partial charge in [0.15, 0.2) is 6.10 Å². The number of rotatable bonds is 6. The van der Waals surface area contributed by atoms with Gasteiger partial charge in [-0.15, -0.1) is 0 Å². The summed E-state index contributed by atoms with van der Waals surface area (Å²) in [6.45, 7) is 2.46. The summed E-state index contributed by atoms with van der Waals surface area (Å²) >= 11 is 0. The molecule has 2 aromatic carbocycles. The van der Waals surface area contributed by atoms with E-state index in [2.05, 4.69) is 4.98 Å². The number of hydrogen-bond donors (Lipinski definition) is 0. The minimum absolute atomic E-state index is 0.0246. The Bertz CT molecular complexity index is 1110. The number of pyridine rings is 1. The van der Waals surface area contributed by atoms with E-state index in [9.17, 15) is 13.2 Å². The minimum Gasteiger partial charge on any atom is -0.447 e. The topological polar surface area (TPSA) is 76.6 Å². The fourth-order valence-electron chi connectivity index (χ4n) is 3.96. The van der Waals surface area contributed by atoms with Crippen molar-refractivity contribution in [2.45, 2.75) is 43.2 Å². The standard InChI is InChI=1S/C25H26N2O4S/c1-19-9-6-8-18-27(19)32(29,30)22-15-13-21(14-16-22)25(28)31-24(20-10-3-2-4-11-20)23-12-5-7-17-26-23/h2-5,7,10-17,19,24H,6,8-9,18H2,1H3. The van der Waals surface area contributed by atoms with Crippen LogP contribution in [0.5, 0.6) is 0 Å². The number of benzene rings is 2. The number of hydrogen-bond acceptors (Lipinski definition) is 5. The van der Waals surface area contributed by atoms with Gasteiger partial charge >= 0.3 is 5.97 Å². The Morgan fingerprint density at radius 1 is 1.00 bits per heavy atom. The number of piperidine rings is 1. The molecule has 0 N–H and O–H groups in total. The highest BCUT2D eigenvalue weighted by Crippen LogP contribution is 2.27. The molecule has 3 aromatic rings. The first kappa shape index (κ1) is 22.2. The van der Waals surface area contributed by atoms with Gasteiger partial charge in [0.05, 0.1) is 16.2 Å². The highest BCUT2D eigenvalue weighted by molar-refractivity contribution is 7.89. The number of carbonyl (C=O) groups is 1. The summed E-state index contributed by atoms with van der Waals surface area (Å²) in [7, 11) is -3.59. The fraction of sp³-hybridized carbons (Fsp3) is 0.280. The summed E-state index contributed by atoms with van der Waals surface area (Å²) in [5.74, 6) is -0.542. The van der Waals surface area contributed by atoms with Gasteiger partial charge in [-0.1, -0.05) is 42.8 Å². The van der Waals surface area contributed by atoms with Crippen LogP contribution in [0, 0.1) is 0 Å². The lowest BCUT2D eigenvalue weighted by atomic mass is 10.1. The van der Waals surface area contributed by atoms with E-state index in [-0.39, 0.29) is 16.5 Å². The number of esters is 1. The van der Waals surface area contributed by atoms with E-state index in [0.29, 0.717) is 12.2 Å². The predicted molar refractivity (Wildman–Crippen MR) is 122 cm³/mol. The third-order valence-corrected chi connectivity index (χ3v) is 7.75. The molecule has 0 spiro atoms. The van der Waals surface area contributed by atoms with Gasteiger partial charge in [0.1, 0.15) is 0 Å². The van der Waals surface area contributed by atoms with Crippen molar-refractivity contribution in [1.82, 2.24) is 9.29 Å². The Morgan fingerprint density at radius 2 is 1.72 bits per heavy atom. The van der Waals surface area contributed by atoms with Crippen LogP contribution in [0.1, 0.15) is 53.9 Å². The first-order valence-electron chi connectivity index (χ1n) is 10.8. The second kappa shape index (κ2) is 9.63. The lowest BCUT2D eigenvalue weighted by molar-refractivity contribution is 0.0370. The van der Waals surface area contributed by atoms with Crippen LogP contribution >= 0.6 is 0 Å². The monoisotopic (exact) mass is 450 g/mol. The van der Waals surface area contributed by atoms with Crippen LogP contribution in [0.25, 0.3) is 0 Å². The van der Waals surface area contributed by atoms with E-state index in [4.69, 9.17) is 4.74 Å². The number of ether oxygens (including phenoxy) is 1. The van der Waals surface area contributed by atoms with Gasteiger partial charge in [-0.2, -0.15) is 4.31 Å². The Hall–Kier alpha value is -3.03. The van der Waals surface area contributed by atoms with Crippen molar-refractivity contribution in [2.24, 2.45) is 0 Å². The van der Waals surface area contributed by atoms with Crippen molar-refractivity contribution < 1.29 is 17.9 Å². The van der Waals surface area contributed by atoms with Crippen LogP contribution in [0.3, 0.4) is 0 Å². The summed E-state index contributed by atoms with van der Waals surface area (Å²) in [6.07, 6.45) is 3.75.